The van der Waals surface area contributed by atoms with Crippen molar-refractivity contribution in [3.05, 3.63) is 0 Å². The largest absolute Gasteiger partial charge is 0.639 e. The lowest BCUT2D eigenvalue weighted by atomic mass is 10.3. The van der Waals surface area contributed by atoms with Crippen molar-refractivity contribution >= 4 is 7.32 Å². The molecule has 0 heterocycles. The van der Waals surface area contributed by atoms with Crippen molar-refractivity contribution in [1.29, 1.82) is 0 Å². The van der Waals surface area contributed by atoms with Crippen LogP contribution in [-0.2, 0) is 14.0 Å². The summed E-state index contributed by atoms with van der Waals surface area (Å²) in [6.45, 7) is 8.61. The molecule has 0 saturated carbocycles. The second kappa shape index (κ2) is 13.0. The van der Waals surface area contributed by atoms with Crippen molar-refractivity contribution in [2.75, 3.05) is 19.8 Å². The van der Waals surface area contributed by atoms with Gasteiger partial charge in [-0.2, -0.15) is 0 Å². The second-order valence-corrected chi connectivity index (χ2v) is 3.96. The summed E-state index contributed by atoms with van der Waals surface area (Å²) in [7, 11) is -0.454. The van der Waals surface area contributed by atoms with E-state index in [0.29, 0.717) is 0 Å². The summed E-state index contributed by atoms with van der Waals surface area (Å²) >= 11 is 0. The second-order valence-electron chi connectivity index (χ2n) is 3.96. The topological polar surface area (TPSA) is 27.7 Å². The molecule has 0 aromatic heterocycles. The Morgan fingerprint density at radius 1 is 0.625 bits per heavy atom. The van der Waals surface area contributed by atoms with Crippen LogP contribution in [0.1, 0.15) is 59.3 Å². The van der Waals surface area contributed by atoms with Gasteiger partial charge < -0.3 is 14.0 Å². The van der Waals surface area contributed by atoms with Gasteiger partial charge in [-0.1, -0.05) is 40.0 Å². The summed E-state index contributed by atoms with van der Waals surface area (Å²) in [4.78, 5) is 0. The summed E-state index contributed by atoms with van der Waals surface area (Å²) in [5.41, 5.74) is 0. The van der Waals surface area contributed by atoms with Gasteiger partial charge in [-0.25, -0.2) is 0 Å². The van der Waals surface area contributed by atoms with E-state index in [1.54, 1.807) is 0 Å². The van der Waals surface area contributed by atoms with Crippen LogP contribution in [0.4, 0.5) is 0 Å². The molecule has 16 heavy (non-hydrogen) atoms. The molecule has 96 valence electrons. The van der Waals surface area contributed by atoms with Crippen LogP contribution in [-0.4, -0.2) is 27.1 Å². The van der Waals surface area contributed by atoms with Crippen LogP contribution >= 0.6 is 0 Å². The van der Waals surface area contributed by atoms with Crippen molar-refractivity contribution in [3.8, 4) is 0 Å². The zero-order valence-corrected chi connectivity index (χ0v) is 11.2. The summed E-state index contributed by atoms with van der Waals surface area (Å²) < 4.78 is 16.6. The lowest BCUT2D eigenvalue weighted by molar-refractivity contribution is 0.0899. The number of hydrogen-bond acceptors (Lipinski definition) is 3. The van der Waals surface area contributed by atoms with Crippen LogP contribution < -0.4 is 0 Å². The van der Waals surface area contributed by atoms with Gasteiger partial charge in [0.15, 0.2) is 0 Å². The molecule has 0 aliphatic carbocycles. The maximum Gasteiger partial charge on any atom is 0.639 e. The van der Waals surface area contributed by atoms with Crippen molar-refractivity contribution in [2.45, 2.75) is 59.3 Å². The molecule has 0 atom stereocenters. The van der Waals surface area contributed by atoms with Crippen molar-refractivity contribution in [2.24, 2.45) is 0 Å². The van der Waals surface area contributed by atoms with Crippen LogP contribution in [0.5, 0.6) is 0 Å². The van der Waals surface area contributed by atoms with Gasteiger partial charge in [0.05, 0.1) is 0 Å². The molecule has 0 spiro atoms. The Hall–Kier alpha value is -0.0551. The Balaban J connectivity index is 3.58. The first-order chi connectivity index (χ1) is 7.85. The first kappa shape index (κ1) is 15.9. The number of hydrogen-bond donors (Lipinski definition) is 0. The van der Waals surface area contributed by atoms with E-state index in [-0.39, 0.29) is 0 Å². The third-order valence-electron chi connectivity index (χ3n) is 2.26. The van der Waals surface area contributed by atoms with Crippen LogP contribution in [0.3, 0.4) is 0 Å². The fraction of sp³-hybridized carbons (Fsp3) is 1.00. The number of rotatable bonds is 12. The SMILES string of the molecule is CCCCO[11B](OCCCC)OCCCC. The van der Waals surface area contributed by atoms with Gasteiger partial charge in [-0.15, -0.1) is 0 Å². The highest BCUT2D eigenvalue weighted by molar-refractivity contribution is 6.36. The first-order valence-corrected chi connectivity index (χ1v) is 6.69. The molecule has 0 N–H and O–H groups in total. The fourth-order valence-electron chi connectivity index (χ4n) is 1.12. The molecular weight excluding hydrogens is 203 g/mol. The lowest BCUT2D eigenvalue weighted by Crippen LogP contribution is -2.28. The third kappa shape index (κ3) is 10.5. The normalized spacial score (nSPS) is 10.7. The molecule has 0 aliphatic rings. The Bertz CT molecular complexity index is 110. The Kier molecular flexibility index (Phi) is 13.0. The van der Waals surface area contributed by atoms with Gasteiger partial charge in [0.1, 0.15) is 0 Å². The molecule has 0 fully saturated rings. The zero-order chi connectivity index (χ0) is 12.1. The van der Waals surface area contributed by atoms with E-state index in [4.69, 9.17) is 14.0 Å². The first-order valence-electron chi connectivity index (χ1n) is 6.69. The maximum absolute atomic E-state index is 5.53. The summed E-state index contributed by atoms with van der Waals surface area (Å²) in [6, 6.07) is 0. The third-order valence-corrected chi connectivity index (χ3v) is 2.26. The van der Waals surface area contributed by atoms with Gasteiger partial charge in [0.25, 0.3) is 0 Å². The molecule has 0 radical (unpaired) electrons. The summed E-state index contributed by atoms with van der Waals surface area (Å²) in [5.74, 6) is 0. The molecule has 0 aromatic carbocycles. The Morgan fingerprint density at radius 3 is 1.19 bits per heavy atom. The molecule has 4 heteroatoms. The smallest absolute Gasteiger partial charge is 0.386 e. The molecule has 3 nitrogen and oxygen atoms in total. The minimum Gasteiger partial charge on any atom is -0.386 e. The van der Waals surface area contributed by atoms with Crippen molar-refractivity contribution in [1.82, 2.24) is 0 Å². The molecular formula is C12H27BO3. The quantitative estimate of drug-likeness (QED) is 0.380. The van der Waals surface area contributed by atoms with Crippen LogP contribution in [0.25, 0.3) is 0 Å². The van der Waals surface area contributed by atoms with E-state index in [0.717, 1.165) is 58.3 Å². The number of unbranched alkanes of at least 4 members (excludes halogenated alkanes) is 3. The Labute approximate surface area is 101 Å². The molecule has 0 aromatic rings. The van der Waals surface area contributed by atoms with Gasteiger partial charge in [-0.3, -0.25) is 0 Å². The van der Waals surface area contributed by atoms with Gasteiger partial charge in [-0.05, 0) is 19.3 Å². The van der Waals surface area contributed by atoms with E-state index >= 15 is 0 Å². The Morgan fingerprint density at radius 2 is 0.938 bits per heavy atom. The minimum atomic E-state index is -0.454. The monoisotopic (exact) mass is 230 g/mol. The van der Waals surface area contributed by atoms with E-state index in [2.05, 4.69) is 20.8 Å². The molecule has 0 amide bonds. The average Bonchev–Trinajstić information content (AvgIpc) is 2.29. The highest BCUT2D eigenvalue weighted by Crippen LogP contribution is 2.00. The standard InChI is InChI=1S/C12H27BO3/c1-4-7-10-14-13(15-11-8-5-2)16-12-9-6-3/h4-12H2,1-3H3/i13+0. The predicted octanol–water partition coefficient (Wildman–Crippen LogP) is 3.42. The molecule has 0 saturated heterocycles. The lowest BCUT2D eigenvalue weighted by Gasteiger charge is -2.14. The fourth-order valence-corrected chi connectivity index (χ4v) is 1.12. The zero-order valence-electron chi connectivity index (χ0n) is 11.2. The van der Waals surface area contributed by atoms with E-state index in [9.17, 15) is 0 Å². The maximum atomic E-state index is 5.53. The summed E-state index contributed by atoms with van der Waals surface area (Å²) in [5, 5.41) is 0. The average molecular weight is 230 g/mol. The summed E-state index contributed by atoms with van der Waals surface area (Å²) in [6.07, 6.45) is 6.59. The van der Waals surface area contributed by atoms with E-state index in [1.807, 2.05) is 0 Å². The van der Waals surface area contributed by atoms with E-state index < -0.39 is 7.32 Å². The highest BCUT2D eigenvalue weighted by atomic mass is 16.7. The van der Waals surface area contributed by atoms with E-state index in [1.165, 1.54) is 0 Å². The molecule has 0 aliphatic heterocycles. The molecule has 0 rings (SSSR count). The van der Waals surface area contributed by atoms with Gasteiger partial charge in [0, 0.05) is 19.8 Å². The minimum absolute atomic E-state index is 0.454. The van der Waals surface area contributed by atoms with Crippen molar-refractivity contribution < 1.29 is 14.0 Å². The van der Waals surface area contributed by atoms with Gasteiger partial charge in [0.2, 0.25) is 0 Å². The van der Waals surface area contributed by atoms with Crippen LogP contribution in [0.15, 0.2) is 0 Å². The molecule has 0 bridgehead atoms. The van der Waals surface area contributed by atoms with Crippen LogP contribution in [0.2, 0.25) is 0 Å². The van der Waals surface area contributed by atoms with Gasteiger partial charge >= 0.3 is 7.32 Å². The predicted molar refractivity (Wildman–Crippen MR) is 68.3 cm³/mol. The highest BCUT2D eigenvalue weighted by Gasteiger charge is 2.20. The van der Waals surface area contributed by atoms with Crippen LogP contribution in [0, 0.1) is 0 Å². The molecule has 0 unspecified atom stereocenters. The van der Waals surface area contributed by atoms with Crippen molar-refractivity contribution in [3.63, 3.8) is 0 Å².